The van der Waals surface area contributed by atoms with Crippen LogP contribution in [0.3, 0.4) is 0 Å². The van der Waals surface area contributed by atoms with E-state index in [2.05, 4.69) is 78.7 Å². The van der Waals surface area contributed by atoms with Crippen LogP contribution < -0.4 is 5.32 Å². The molecule has 0 spiro atoms. The monoisotopic (exact) mass is 332 g/mol. The van der Waals surface area contributed by atoms with Crippen molar-refractivity contribution in [2.24, 2.45) is 5.92 Å². The van der Waals surface area contributed by atoms with E-state index in [9.17, 15) is 0 Å². The summed E-state index contributed by atoms with van der Waals surface area (Å²) in [6, 6.07) is 20.7. The molecule has 0 aliphatic carbocycles. The Hall–Kier alpha value is -1.90. The second kappa shape index (κ2) is 7.15. The minimum absolute atomic E-state index is 0.484. The number of hydrogen-bond acceptors (Lipinski definition) is 2. The summed E-state index contributed by atoms with van der Waals surface area (Å²) in [5, 5.41) is 9.07. The van der Waals surface area contributed by atoms with Gasteiger partial charge in [-0.15, -0.1) is 0 Å². The summed E-state index contributed by atoms with van der Waals surface area (Å²) in [4.78, 5) is 2.70. The quantitative estimate of drug-likeness (QED) is 0.677. The van der Waals surface area contributed by atoms with E-state index >= 15 is 0 Å². The molecule has 0 radical (unpaired) electrons. The van der Waals surface area contributed by atoms with Crippen molar-refractivity contribution in [2.45, 2.75) is 26.3 Å². The van der Waals surface area contributed by atoms with Crippen molar-refractivity contribution < 1.29 is 0 Å². The lowest BCUT2D eigenvalue weighted by atomic mass is 9.87. The van der Waals surface area contributed by atoms with Crippen LogP contribution in [0.4, 0.5) is 0 Å². The lowest BCUT2D eigenvalue weighted by molar-refractivity contribution is 0.156. The van der Waals surface area contributed by atoms with Gasteiger partial charge in [0.2, 0.25) is 0 Å². The lowest BCUT2D eigenvalue weighted by Gasteiger charge is -2.37. The minimum Gasteiger partial charge on any atom is -0.314 e. The molecule has 4 rings (SSSR count). The van der Waals surface area contributed by atoms with Gasteiger partial charge >= 0.3 is 0 Å². The van der Waals surface area contributed by atoms with Gasteiger partial charge in [0.05, 0.1) is 0 Å². The number of hydrogen-bond donors (Lipinski definition) is 1. The standard InChI is InChI=1S/C23H28N2/c1-17(2)15-22(25-13-11-24-12-14-25)23-20-9-5-3-7-18(20)16-19-8-4-6-10-21(19)23/h3-10,16-17,22,24H,11-15H2,1-2H3/t22-/m1/s1. The molecule has 2 nitrogen and oxygen atoms in total. The Labute approximate surface area is 150 Å². The highest BCUT2D eigenvalue weighted by Crippen LogP contribution is 2.38. The van der Waals surface area contributed by atoms with Crippen molar-refractivity contribution in [3.63, 3.8) is 0 Å². The molecule has 0 amide bonds. The molecule has 1 saturated heterocycles. The summed E-state index contributed by atoms with van der Waals surface area (Å²) in [6.07, 6.45) is 1.21. The van der Waals surface area contributed by atoms with Gasteiger partial charge in [-0.05, 0) is 45.5 Å². The maximum Gasteiger partial charge on any atom is 0.0363 e. The molecule has 0 unspecified atom stereocenters. The molecule has 1 aliphatic heterocycles. The maximum absolute atomic E-state index is 3.51. The van der Waals surface area contributed by atoms with Crippen LogP contribution in [-0.2, 0) is 0 Å². The maximum atomic E-state index is 3.51. The van der Waals surface area contributed by atoms with Gasteiger partial charge < -0.3 is 5.32 Å². The highest BCUT2D eigenvalue weighted by atomic mass is 15.2. The Balaban J connectivity index is 1.95. The van der Waals surface area contributed by atoms with Crippen molar-refractivity contribution in [1.29, 1.82) is 0 Å². The minimum atomic E-state index is 0.484. The number of benzene rings is 3. The zero-order valence-electron chi connectivity index (χ0n) is 15.3. The van der Waals surface area contributed by atoms with Crippen LogP contribution in [0.5, 0.6) is 0 Å². The Morgan fingerprint density at radius 2 is 1.44 bits per heavy atom. The van der Waals surface area contributed by atoms with E-state index < -0.39 is 0 Å². The Bertz CT molecular complexity index is 808. The first kappa shape index (κ1) is 16.6. The number of nitrogens with zero attached hydrogens (tertiary/aromatic N) is 1. The zero-order valence-corrected chi connectivity index (χ0v) is 15.3. The second-order valence-electron chi connectivity index (χ2n) is 7.66. The topological polar surface area (TPSA) is 15.3 Å². The highest BCUT2D eigenvalue weighted by Gasteiger charge is 2.26. The van der Waals surface area contributed by atoms with Gasteiger partial charge in [-0.2, -0.15) is 0 Å². The average Bonchev–Trinajstić information content (AvgIpc) is 2.65. The Morgan fingerprint density at radius 1 is 0.880 bits per heavy atom. The first-order valence-electron chi connectivity index (χ1n) is 9.59. The fraction of sp³-hybridized carbons (Fsp3) is 0.391. The fourth-order valence-electron chi connectivity index (χ4n) is 4.30. The molecule has 1 fully saturated rings. The highest BCUT2D eigenvalue weighted by molar-refractivity contribution is 6.02. The van der Waals surface area contributed by atoms with Crippen LogP contribution in [-0.4, -0.2) is 31.1 Å². The average molecular weight is 332 g/mol. The molecule has 130 valence electrons. The van der Waals surface area contributed by atoms with Gasteiger partial charge in [0.15, 0.2) is 0 Å². The molecule has 3 aromatic rings. The molecular weight excluding hydrogens is 304 g/mol. The van der Waals surface area contributed by atoms with Gasteiger partial charge in [0.25, 0.3) is 0 Å². The number of piperazine rings is 1. The molecule has 0 saturated carbocycles. The molecule has 2 heteroatoms. The van der Waals surface area contributed by atoms with Crippen molar-refractivity contribution in [3.8, 4) is 0 Å². The first-order valence-corrected chi connectivity index (χ1v) is 9.59. The smallest absolute Gasteiger partial charge is 0.0363 e. The van der Waals surface area contributed by atoms with Gasteiger partial charge in [-0.25, -0.2) is 0 Å². The number of nitrogens with one attached hydrogen (secondary N) is 1. The number of fused-ring (bicyclic) bond motifs is 2. The molecule has 0 aromatic heterocycles. The molecule has 1 N–H and O–H groups in total. The third-order valence-electron chi connectivity index (χ3n) is 5.43. The molecule has 25 heavy (non-hydrogen) atoms. The Morgan fingerprint density at radius 3 is 2.00 bits per heavy atom. The third kappa shape index (κ3) is 3.29. The first-order chi connectivity index (χ1) is 12.2. The normalized spacial score (nSPS) is 17.4. The molecule has 1 atom stereocenters. The molecule has 1 aliphatic rings. The summed E-state index contributed by atoms with van der Waals surface area (Å²) >= 11 is 0. The van der Waals surface area contributed by atoms with E-state index in [1.165, 1.54) is 33.5 Å². The number of rotatable bonds is 4. The SMILES string of the molecule is CC(C)C[C@H](c1c2ccccc2cc2ccccc12)N1CCNCC1. The van der Waals surface area contributed by atoms with Crippen LogP contribution >= 0.6 is 0 Å². The van der Waals surface area contributed by atoms with Gasteiger partial charge in [-0.3, -0.25) is 4.90 Å². The van der Waals surface area contributed by atoms with Crippen LogP contribution in [0.2, 0.25) is 0 Å². The van der Waals surface area contributed by atoms with Crippen LogP contribution in [0.25, 0.3) is 21.5 Å². The molecule has 0 bridgehead atoms. The van der Waals surface area contributed by atoms with E-state index in [1.54, 1.807) is 0 Å². The van der Waals surface area contributed by atoms with Crippen molar-refractivity contribution in [1.82, 2.24) is 10.2 Å². The largest absolute Gasteiger partial charge is 0.314 e. The van der Waals surface area contributed by atoms with E-state index in [1.807, 2.05) is 0 Å². The van der Waals surface area contributed by atoms with E-state index in [0.29, 0.717) is 12.0 Å². The lowest BCUT2D eigenvalue weighted by Crippen LogP contribution is -2.45. The summed E-state index contributed by atoms with van der Waals surface area (Å²) < 4.78 is 0. The predicted octanol–water partition coefficient (Wildman–Crippen LogP) is 4.99. The molecular formula is C23H28N2. The summed E-state index contributed by atoms with van der Waals surface area (Å²) in [5.74, 6) is 0.678. The van der Waals surface area contributed by atoms with Crippen molar-refractivity contribution in [2.75, 3.05) is 26.2 Å². The molecule has 1 heterocycles. The van der Waals surface area contributed by atoms with E-state index in [-0.39, 0.29) is 0 Å². The third-order valence-corrected chi connectivity index (χ3v) is 5.43. The van der Waals surface area contributed by atoms with Gasteiger partial charge in [-0.1, -0.05) is 62.4 Å². The van der Waals surface area contributed by atoms with Crippen molar-refractivity contribution >= 4 is 21.5 Å². The van der Waals surface area contributed by atoms with Crippen LogP contribution in [0.1, 0.15) is 31.9 Å². The Kier molecular flexibility index (Phi) is 4.74. The van der Waals surface area contributed by atoms with E-state index in [0.717, 1.165) is 26.2 Å². The summed E-state index contributed by atoms with van der Waals surface area (Å²) in [5.41, 5.74) is 1.53. The van der Waals surface area contributed by atoms with E-state index in [4.69, 9.17) is 0 Å². The van der Waals surface area contributed by atoms with Crippen LogP contribution in [0, 0.1) is 5.92 Å². The van der Waals surface area contributed by atoms with Crippen LogP contribution in [0.15, 0.2) is 54.6 Å². The summed E-state index contributed by atoms with van der Waals surface area (Å²) in [7, 11) is 0. The molecule has 3 aromatic carbocycles. The zero-order chi connectivity index (χ0) is 17.2. The van der Waals surface area contributed by atoms with Crippen molar-refractivity contribution in [3.05, 3.63) is 60.2 Å². The fourth-order valence-corrected chi connectivity index (χ4v) is 4.30. The van der Waals surface area contributed by atoms with Gasteiger partial charge in [0, 0.05) is 32.2 Å². The predicted molar refractivity (Wildman–Crippen MR) is 108 cm³/mol. The second-order valence-corrected chi connectivity index (χ2v) is 7.66. The summed E-state index contributed by atoms with van der Waals surface area (Å²) in [6.45, 7) is 9.16. The van der Waals surface area contributed by atoms with Gasteiger partial charge in [0.1, 0.15) is 0 Å².